The largest absolute Gasteiger partial charge is 0.366 e. The highest BCUT2D eigenvalue weighted by atomic mass is 16.2. The summed E-state index contributed by atoms with van der Waals surface area (Å²) in [6.45, 7) is 7.22. The first kappa shape index (κ1) is 13.8. The van der Waals surface area contributed by atoms with Crippen LogP contribution < -0.4 is 11.1 Å². The maximum Gasteiger partial charge on any atom is 0.288 e. The lowest BCUT2D eigenvalue weighted by Gasteiger charge is -2.30. The number of hydrogen-bond acceptors (Lipinski definition) is 5. The molecule has 1 fully saturated rings. The predicted octanol–water partition coefficient (Wildman–Crippen LogP) is 0.237. The fourth-order valence-corrected chi connectivity index (χ4v) is 2.52. The lowest BCUT2D eigenvalue weighted by molar-refractivity contribution is 0.0917. The summed E-state index contributed by atoms with van der Waals surface area (Å²) in [6, 6.07) is 0.367. The Morgan fingerprint density at radius 2 is 2.16 bits per heavy atom. The van der Waals surface area contributed by atoms with E-state index < -0.39 is 0 Å². The average Bonchev–Trinajstić information content (AvgIpc) is 3.00. The van der Waals surface area contributed by atoms with Gasteiger partial charge < -0.3 is 11.1 Å². The van der Waals surface area contributed by atoms with Crippen molar-refractivity contribution < 1.29 is 4.79 Å². The van der Waals surface area contributed by atoms with Crippen LogP contribution in [0.1, 0.15) is 37.3 Å². The summed E-state index contributed by atoms with van der Waals surface area (Å²) >= 11 is 0. The minimum Gasteiger partial charge on any atom is -0.366 e. The minimum absolute atomic E-state index is 0.0881. The van der Waals surface area contributed by atoms with Crippen LogP contribution >= 0.6 is 0 Å². The average molecular weight is 266 g/mol. The Kier molecular flexibility index (Phi) is 4.36. The molecule has 0 spiro atoms. The molecule has 7 heteroatoms. The van der Waals surface area contributed by atoms with E-state index in [2.05, 4.69) is 39.2 Å². The number of amides is 1. The molecule has 1 atom stereocenters. The molecule has 4 N–H and O–H groups in total. The summed E-state index contributed by atoms with van der Waals surface area (Å²) in [5.74, 6) is 0.499. The zero-order valence-corrected chi connectivity index (χ0v) is 11.5. The standard InChI is InChI=1S/C12H22N6O/c1-8(2)9(18-5-3-4-6-18)7-14-11(19)10-15-12(13)17-16-10/h8-9H,3-7H2,1-2H3,(H,14,19)(H3,13,15,16,17). The molecule has 1 aliphatic rings. The predicted molar refractivity (Wildman–Crippen MR) is 72.6 cm³/mol. The van der Waals surface area contributed by atoms with Crippen LogP contribution in [0.4, 0.5) is 5.95 Å². The van der Waals surface area contributed by atoms with E-state index in [1.807, 2.05) is 0 Å². The zero-order chi connectivity index (χ0) is 13.8. The van der Waals surface area contributed by atoms with Crippen LogP contribution in [-0.4, -0.2) is 51.7 Å². The Morgan fingerprint density at radius 1 is 1.47 bits per heavy atom. The summed E-state index contributed by atoms with van der Waals surface area (Å²) in [5.41, 5.74) is 5.38. The van der Waals surface area contributed by atoms with E-state index in [-0.39, 0.29) is 17.7 Å². The van der Waals surface area contributed by atoms with Gasteiger partial charge in [0, 0.05) is 12.6 Å². The van der Waals surface area contributed by atoms with Gasteiger partial charge in [-0.3, -0.25) is 14.8 Å². The number of nitrogens with one attached hydrogen (secondary N) is 2. The van der Waals surface area contributed by atoms with Crippen molar-refractivity contribution in [3.05, 3.63) is 5.82 Å². The van der Waals surface area contributed by atoms with Crippen LogP contribution in [-0.2, 0) is 0 Å². The van der Waals surface area contributed by atoms with Crippen molar-refractivity contribution in [3.63, 3.8) is 0 Å². The summed E-state index contributed by atoms with van der Waals surface area (Å²) in [5, 5.41) is 9.06. The van der Waals surface area contributed by atoms with Crippen LogP contribution in [0.25, 0.3) is 0 Å². The molecule has 2 rings (SSSR count). The molecule has 7 nitrogen and oxygen atoms in total. The second-order valence-corrected chi connectivity index (χ2v) is 5.31. The SMILES string of the molecule is CC(C)C(CNC(=O)c1nc(N)n[nH]1)N1CCCC1. The van der Waals surface area contributed by atoms with Crippen LogP contribution in [0.3, 0.4) is 0 Å². The number of nitrogen functional groups attached to an aromatic ring is 1. The van der Waals surface area contributed by atoms with Crippen LogP contribution in [0.5, 0.6) is 0 Å². The van der Waals surface area contributed by atoms with Crippen molar-refractivity contribution in [3.8, 4) is 0 Å². The van der Waals surface area contributed by atoms with E-state index in [0.717, 1.165) is 13.1 Å². The van der Waals surface area contributed by atoms with Crippen molar-refractivity contribution in [2.24, 2.45) is 5.92 Å². The normalized spacial score (nSPS) is 17.8. The lowest BCUT2D eigenvalue weighted by Crippen LogP contribution is -2.45. The topological polar surface area (TPSA) is 99.9 Å². The van der Waals surface area contributed by atoms with E-state index >= 15 is 0 Å². The summed E-state index contributed by atoms with van der Waals surface area (Å²) in [6.07, 6.45) is 2.49. The number of H-pyrrole nitrogens is 1. The number of nitrogens with two attached hydrogens (primary N) is 1. The maximum atomic E-state index is 11.9. The maximum absolute atomic E-state index is 11.9. The first-order valence-corrected chi connectivity index (χ1v) is 6.78. The van der Waals surface area contributed by atoms with Gasteiger partial charge in [0.25, 0.3) is 5.91 Å². The molecule has 2 heterocycles. The molecule has 1 aromatic rings. The molecule has 1 aliphatic heterocycles. The first-order valence-electron chi connectivity index (χ1n) is 6.78. The fraction of sp³-hybridized carbons (Fsp3) is 0.750. The monoisotopic (exact) mass is 266 g/mol. The number of anilines is 1. The van der Waals surface area contributed by atoms with Crippen molar-refractivity contribution in [1.29, 1.82) is 0 Å². The van der Waals surface area contributed by atoms with Gasteiger partial charge in [0.05, 0.1) is 0 Å². The smallest absolute Gasteiger partial charge is 0.288 e. The van der Waals surface area contributed by atoms with Gasteiger partial charge in [-0.2, -0.15) is 4.98 Å². The Balaban J connectivity index is 1.89. The number of carbonyl (C=O) groups excluding carboxylic acids is 1. The minimum atomic E-state index is -0.256. The number of rotatable bonds is 5. The second kappa shape index (κ2) is 6.01. The van der Waals surface area contributed by atoms with Gasteiger partial charge in [-0.25, -0.2) is 0 Å². The zero-order valence-electron chi connectivity index (χ0n) is 11.5. The lowest BCUT2D eigenvalue weighted by atomic mass is 10.0. The molecule has 0 radical (unpaired) electrons. The Labute approximate surface area is 113 Å². The van der Waals surface area contributed by atoms with Gasteiger partial charge in [0.2, 0.25) is 11.8 Å². The molecule has 106 valence electrons. The van der Waals surface area contributed by atoms with Gasteiger partial charge in [-0.05, 0) is 31.8 Å². The van der Waals surface area contributed by atoms with Gasteiger partial charge in [-0.15, -0.1) is 5.10 Å². The molecule has 1 amide bonds. The van der Waals surface area contributed by atoms with Crippen molar-refractivity contribution in [2.45, 2.75) is 32.7 Å². The molecular weight excluding hydrogens is 244 g/mol. The van der Waals surface area contributed by atoms with E-state index in [0.29, 0.717) is 18.5 Å². The van der Waals surface area contributed by atoms with Gasteiger partial charge in [0.1, 0.15) is 0 Å². The summed E-state index contributed by atoms with van der Waals surface area (Å²) < 4.78 is 0. The number of hydrogen-bond donors (Lipinski definition) is 3. The first-order chi connectivity index (χ1) is 9.08. The number of aromatic amines is 1. The molecular formula is C12H22N6O. The van der Waals surface area contributed by atoms with Crippen molar-refractivity contribution >= 4 is 11.9 Å². The number of nitrogens with zero attached hydrogens (tertiary/aromatic N) is 3. The Bertz CT molecular complexity index is 424. The summed E-state index contributed by atoms with van der Waals surface area (Å²) in [7, 11) is 0. The number of carbonyl (C=O) groups is 1. The van der Waals surface area contributed by atoms with Gasteiger partial charge in [-0.1, -0.05) is 13.8 Å². The highest BCUT2D eigenvalue weighted by molar-refractivity contribution is 5.90. The van der Waals surface area contributed by atoms with E-state index in [1.165, 1.54) is 12.8 Å². The molecule has 1 aromatic heterocycles. The molecule has 0 aliphatic carbocycles. The highest BCUT2D eigenvalue weighted by Gasteiger charge is 2.25. The Morgan fingerprint density at radius 3 is 2.68 bits per heavy atom. The van der Waals surface area contributed by atoms with Crippen LogP contribution in [0.2, 0.25) is 0 Å². The molecule has 1 unspecified atom stereocenters. The Hall–Kier alpha value is -1.63. The van der Waals surface area contributed by atoms with E-state index in [1.54, 1.807) is 0 Å². The van der Waals surface area contributed by atoms with E-state index in [4.69, 9.17) is 5.73 Å². The third kappa shape index (κ3) is 3.44. The molecule has 0 saturated carbocycles. The molecule has 1 saturated heterocycles. The van der Waals surface area contributed by atoms with Crippen LogP contribution in [0, 0.1) is 5.92 Å². The third-order valence-corrected chi connectivity index (χ3v) is 3.57. The molecule has 0 aromatic carbocycles. The third-order valence-electron chi connectivity index (χ3n) is 3.57. The van der Waals surface area contributed by atoms with Gasteiger partial charge >= 0.3 is 0 Å². The molecule has 19 heavy (non-hydrogen) atoms. The fourth-order valence-electron chi connectivity index (χ4n) is 2.52. The van der Waals surface area contributed by atoms with Crippen LogP contribution in [0.15, 0.2) is 0 Å². The quantitative estimate of drug-likeness (QED) is 0.708. The van der Waals surface area contributed by atoms with E-state index in [9.17, 15) is 4.79 Å². The highest BCUT2D eigenvalue weighted by Crippen LogP contribution is 2.17. The van der Waals surface area contributed by atoms with Crippen molar-refractivity contribution in [1.82, 2.24) is 25.4 Å². The van der Waals surface area contributed by atoms with Gasteiger partial charge in [0.15, 0.2) is 0 Å². The second-order valence-electron chi connectivity index (χ2n) is 5.31. The van der Waals surface area contributed by atoms with Crippen molar-refractivity contribution in [2.75, 3.05) is 25.4 Å². The number of likely N-dealkylation sites (tertiary alicyclic amines) is 1. The number of aromatic nitrogens is 3. The summed E-state index contributed by atoms with van der Waals surface area (Å²) in [4.78, 5) is 18.1. The molecule has 0 bridgehead atoms.